The van der Waals surface area contributed by atoms with E-state index in [9.17, 15) is 14.4 Å². The van der Waals surface area contributed by atoms with Crippen molar-refractivity contribution in [3.8, 4) is 16.9 Å². The first kappa shape index (κ1) is 27.9. The zero-order valence-electron chi connectivity index (χ0n) is 22.6. The Morgan fingerprint density at radius 1 is 0.923 bits per heavy atom. The van der Waals surface area contributed by atoms with Crippen molar-refractivity contribution in [2.45, 2.75) is 59.0 Å². The van der Waals surface area contributed by atoms with Gasteiger partial charge in [-0.3, -0.25) is 14.4 Å². The number of hydrogen-bond acceptors (Lipinski definition) is 5. The number of carboxylic acid groups (broad SMARTS) is 1. The lowest BCUT2D eigenvalue weighted by molar-refractivity contribution is -0.148. The number of benzene rings is 3. The number of aryl methyl sites for hydroxylation is 1. The average molecular weight is 530 g/mol. The Morgan fingerprint density at radius 3 is 2.46 bits per heavy atom. The van der Waals surface area contributed by atoms with Gasteiger partial charge in [0.15, 0.2) is 0 Å². The number of hydrogen-bond donors (Lipinski definition) is 1. The van der Waals surface area contributed by atoms with E-state index in [1.54, 1.807) is 0 Å². The van der Waals surface area contributed by atoms with Crippen LogP contribution in [0.5, 0.6) is 5.75 Å². The van der Waals surface area contributed by atoms with Crippen molar-refractivity contribution < 1.29 is 29.0 Å². The van der Waals surface area contributed by atoms with Gasteiger partial charge in [-0.2, -0.15) is 0 Å². The maximum absolute atomic E-state index is 13.2. The number of aliphatic carboxylic acids is 1. The maximum Gasteiger partial charge on any atom is 0.306 e. The van der Waals surface area contributed by atoms with Crippen LogP contribution in [0.15, 0.2) is 60.7 Å². The predicted octanol–water partition coefficient (Wildman–Crippen LogP) is 6.02. The maximum atomic E-state index is 13.2. The molecule has 0 spiro atoms. The van der Waals surface area contributed by atoms with Crippen molar-refractivity contribution >= 4 is 23.5 Å². The molecule has 1 heterocycles. The molecule has 204 valence electrons. The van der Waals surface area contributed by atoms with E-state index in [1.165, 1.54) is 5.56 Å². The second-order valence-electron chi connectivity index (χ2n) is 9.85. The van der Waals surface area contributed by atoms with Crippen LogP contribution in [0, 0.1) is 13.8 Å². The Morgan fingerprint density at radius 2 is 1.69 bits per heavy atom. The number of esters is 1. The van der Waals surface area contributed by atoms with Crippen molar-refractivity contribution in [1.82, 2.24) is 0 Å². The molecule has 0 aliphatic carbocycles. The third-order valence-electron chi connectivity index (χ3n) is 7.11. The van der Waals surface area contributed by atoms with Gasteiger partial charge in [-0.05, 0) is 78.6 Å². The zero-order valence-corrected chi connectivity index (χ0v) is 22.6. The van der Waals surface area contributed by atoms with E-state index >= 15 is 0 Å². The fourth-order valence-electron chi connectivity index (χ4n) is 4.80. The van der Waals surface area contributed by atoms with E-state index in [0.717, 1.165) is 52.1 Å². The second kappa shape index (κ2) is 13.1. The van der Waals surface area contributed by atoms with E-state index in [0.29, 0.717) is 26.0 Å². The molecule has 0 bridgehead atoms. The van der Waals surface area contributed by atoms with Crippen LogP contribution in [0.25, 0.3) is 11.1 Å². The van der Waals surface area contributed by atoms with Crippen LogP contribution in [0.3, 0.4) is 0 Å². The van der Waals surface area contributed by atoms with Gasteiger partial charge in [0, 0.05) is 18.7 Å². The Bertz CT molecular complexity index is 1330. The van der Waals surface area contributed by atoms with Crippen LogP contribution in [-0.4, -0.2) is 36.1 Å². The molecule has 7 heteroatoms. The number of rotatable bonds is 11. The minimum absolute atomic E-state index is 0.0983. The summed E-state index contributed by atoms with van der Waals surface area (Å²) >= 11 is 0. The summed E-state index contributed by atoms with van der Waals surface area (Å²) in [5, 5.41) is 8.69. The van der Waals surface area contributed by atoms with Gasteiger partial charge >= 0.3 is 11.9 Å². The smallest absolute Gasteiger partial charge is 0.306 e. The first-order chi connectivity index (χ1) is 18.8. The highest BCUT2D eigenvalue weighted by Gasteiger charge is 2.24. The summed E-state index contributed by atoms with van der Waals surface area (Å²) in [6, 6.07) is 19.9. The van der Waals surface area contributed by atoms with Gasteiger partial charge in [0.05, 0.1) is 19.4 Å². The summed E-state index contributed by atoms with van der Waals surface area (Å²) in [6.07, 6.45) is 2.50. The minimum Gasteiger partial charge on any atom is -0.493 e. The van der Waals surface area contributed by atoms with Gasteiger partial charge in [-0.25, -0.2) is 0 Å². The highest BCUT2D eigenvalue weighted by Crippen LogP contribution is 2.36. The van der Waals surface area contributed by atoms with Gasteiger partial charge < -0.3 is 19.5 Å². The number of carboxylic acids is 1. The molecule has 1 aliphatic heterocycles. The third kappa shape index (κ3) is 7.25. The fourth-order valence-corrected chi connectivity index (χ4v) is 4.80. The Labute approximate surface area is 229 Å². The van der Waals surface area contributed by atoms with Crippen LogP contribution in [0.4, 0.5) is 5.69 Å². The third-order valence-corrected chi connectivity index (χ3v) is 7.11. The molecule has 0 fully saturated rings. The lowest BCUT2D eigenvalue weighted by atomic mass is 9.91. The number of nitrogens with zero attached hydrogens (tertiary/aromatic N) is 1. The molecule has 4 rings (SSSR count). The lowest BCUT2D eigenvalue weighted by Crippen LogP contribution is -2.35. The van der Waals surface area contributed by atoms with Gasteiger partial charge in [0.2, 0.25) is 5.91 Å². The summed E-state index contributed by atoms with van der Waals surface area (Å²) in [5.74, 6) is -0.569. The fraction of sp³-hybridized carbons (Fsp3) is 0.344. The van der Waals surface area contributed by atoms with E-state index in [2.05, 4.69) is 19.1 Å². The minimum atomic E-state index is -1.02. The van der Waals surface area contributed by atoms with Crippen molar-refractivity contribution in [2.24, 2.45) is 0 Å². The van der Waals surface area contributed by atoms with E-state index in [4.69, 9.17) is 14.6 Å². The summed E-state index contributed by atoms with van der Waals surface area (Å²) in [4.78, 5) is 37.4. The van der Waals surface area contributed by atoms with Gasteiger partial charge in [-0.15, -0.1) is 0 Å². The Hall–Kier alpha value is -4.13. The molecule has 0 radical (unpaired) electrons. The first-order valence-corrected chi connectivity index (χ1v) is 13.4. The van der Waals surface area contributed by atoms with Gasteiger partial charge in [0.25, 0.3) is 0 Å². The highest BCUT2D eigenvalue weighted by molar-refractivity contribution is 5.96. The number of fused-ring (bicyclic) bond motifs is 1. The summed E-state index contributed by atoms with van der Waals surface area (Å²) in [6.45, 7) is 5.41. The van der Waals surface area contributed by atoms with E-state index in [-0.39, 0.29) is 25.4 Å². The zero-order chi connectivity index (χ0) is 27.8. The van der Waals surface area contributed by atoms with Crippen molar-refractivity contribution in [1.29, 1.82) is 0 Å². The monoisotopic (exact) mass is 529 g/mol. The second-order valence-corrected chi connectivity index (χ2v) is 9.85. The van der Waals surface area contributed by atoms with Gasteiger partial charge in [0.1, 0.15) is 12.4 Å². The van der Waals surface area contributed by atoms with Crippen molar-refractivity contribution in [2.75, 3.05) is 18.1 Å². The molecule has 0 saturated carbocycles. The SMILES string of the molecule is Cc1cccc(OCCCC(=O)N2CCCc3c(-c4ccc(COC(=O)CCC(=O)O)cc4)cccc32)c1C. The number of anilines is 1. The Balaban J connectivity index is 1.36. The van der Waals surface area contributed by atoms with E-state index in [1.807, 2.05) is 60.4 Å². The topological polar surface area (TPSA) is 93.1 Å². The predicted molar refractivity (Wildman–Crippen MR) is 150 cm³/mol. The van der Waals surface area contributed by atoms with Crippen LogP contribution in [0.1, 0.15) is 54.4 Å². The number of carbonyl (C=O) groups excluding carboxylic acids is 2. The number of ether oxygens (including phenoxy) is 2. The van der Waals surface area contributed by atoms with Gasteiger partial charge in [-0.1, -0.05) is 48.5 Å². The largest absolute Gasteiger partial charge is 0.493 e. The van der Waals surface area contributed by atoms with Crippen LogP contribution >= 0.6 is 0 Å². The molecule has 1 amide bonds. The summed E-state index contributed by atoms with van der Waals surface area (Å²) in [5.41, 5.74) is 7.40. The molecule has 0 atom stereocenters. The van der Waals surface area contributed by atoms with Crippen molar-refractivity contribution in [3.05, 3.63) is 82.9 Å². The molecule has 3 aromatic carbocycles. The van der Waals surface area contributed by atoms with Crippen LogP contribution in [-0.2, 0) is 32.1 Å². The molecular formula is C32H35NO6. The lowest BCUT2D eigenvalue weighted by Gasteiger charge is -2.31. The highest BCUT2D eigenvalue weighted by atomic mass is 16.5. The number of carbonyl (C=O) groups is 3. The normalized spacial score (nSPS) is 12.5. The van der Waals surface area contributed by atoms with E-state index < -0.39 is 11.9 Å². The average Bonchev–Trinajstić information content (AvgIpc) is 2.94. The summed E-state index contributed by atoms with van der Waals surface area (Å²) < 4.78 is 11.1. The molecule has 0 aromatic heterocycles. The molecule has 1 aliphatic rings. The summed E-state index contributed by atoms with van der Waals surface area (Å²) in [7, 11) is 0. The Kier molecular flexibility index (Phi) is 9.36. The molecular weight excluding hydrogens is 494 g/mol. The quantitative estimate of drug-likeness (QED) is 0.241. The van der Waals surface area contributed by atoms with Crippen molar-refractivity contribution in [3.63, 3.8) is 0 Å². The van der Waals surface area contributed by atoms with Crippen LogP contribution < -0.4 is 9.64 Å². The van der Waals surface area contributed by atoms with Crippen LogP contribution in [0.2, 0.25) is 0 Å². The molecule has 1 N–H and O–H groups in total. The first-order valence-electron chi connectivity index (χ1n) is 13.4. The molecule has 39 heavy (non-hydrogen) atoms. The molecule has 0 saturated heterocycles. The molecule has 3 aromatic rings. The molecule has 0 unspecified atom stereocenters. The molecule has 7 nitrogen and oxygen atoms in total. The standard InChI is InChI=1S/C32H35NO6/c1-22-7-3-11-29(23(22)2)38-20-6-12-30(34)33-19-5-9-27-26(8-4-10-28(27)33)25-15-13-24(14-16-25)21-39-32(37)18-17-31(35)36/h3-4,7-8,10-11,13-16H,5-6,9,12,17-21H2,1-2H3,(H,35,36). The number of amides is 1.